The molecule has 0 saturated heterocycles. The number of rotatable bonds is 9. The van der Waals surface area contributed by atoms with Gasteiger partial charge in [0.15, 0.2) is 11.5 Å². The van der Waals surface area contributed by atoms with Crippen molar-refractivity contribution in [3.63, 3.8) is 0 Å². The molecule has 0 saturated carbocycles. The van der Waals surface area contributed by atoms with Crippen molar-refractivity contribution in [1.82, 2.24) is 0 Å². The molecule has 2 nitrogen and oxygen atoms in total. The molecule has 0 spiro atoms. The van der Waals surface area contributed by atoms with Gasteiger partial charge in [0.1, 0.15) is 0 Å². The zero-order valence-electron chi connectivity index (χ0n) is 12.5. The number of methoxy groups -OCH3 is 2. The molecule has 1 aromatic carbocycles. The van der Waals surface area contributed by atoms with Crippen LogP contribution in [0, 0.1) is 0 Å². The van der Waals surface area contributed by atoms with Crippen molar-refractivity contribution in [2.75, 3.05) is 14.2 Å². The number of benzene rings is 1. The molecule has 0 aromatic heterocycles. The maximum Gasteiger partial charge on any atom is 0.161 e. The quantitative estimate of drug-likeness (QED) is 0.355. The van der Waals surface area contributed by atoms with Crippen LogP contribution in [0.3, 0.4) is 0 Å². The van der Waals surface area contributed by atoms with Gasteiger partial charge in [-0.3, -0.25) is 0 Å². The number of halogens is 2. The zero-order valence-corrected chi connectivity index (χ0v) is 15.7. The summed E-state index contributed by atoms with van der Waals surface area (Å²) in [6.45, 7) is 2.24. The van der Waals surface area contributed by atoms with E-state index in [9.17, 15) is 0 Å². The van der Waals surface area contributed by atoms with E-state index in [1.54, 1.807) is 14.2 Å². The molecule has 1 rings (SSSR count). The lowest BCUT2D eigenvalue weighted by Crippen LogP contribution is -1.97. The van der Waals surface area contributed by atoms with Gasteiger partial charge in [-0.2, -0.15) is 0 Å². The summed E-state index contributed by atoms with van der Waals surface area (Å²) in [7, 11) is 3.33. The third-order valence-electron chi connectivity index (χ3n) is 3.40. The molecule has 0 heterocycles. The van der Waals surface area contributed by atoms with Gasteiger partial charge in [-0.05, 0) is 24.1 Å². The van der Waals surface area contributed by atoms with Crippen LogP contribution in [0.4, 0.5) is 0 Å². The highest BCUT2D eigenvalue weighted by molar-refractivity contribution is 9.11. The minimum atomic E-state index is 0.346. The molecular weight excluding hydrogens is 384 g/mol. The third kappa shape index (κ3) is 5.28. The number of alkyl halides is 1. The van der Waals surface area contributed by atoms with Crippen LogP contribution >= 0.6 is 31.9 Å². The second-order valence-electron chi connectivity index (χ2n) is 4.90. The van der Waals surface area contributed by atoms with Crippen molar-refractivity contribution in [2.45, 2.75) is 50.3 Å². The highest BCUT2D eigenvalue weighted by Gasteiger charge is 2.15. The lowest BCUT2D eigenvalue weighted by Gasteiger charge is -2.16. The second-order valence-corrected chi connectivity index (χ2v) is 6.86. The first kappa shape index (κ1) is 17.8. The molecule has 0 amide bonds. The van der Waals surface area contributed by atoms with Gasteiger partial charge >= 0.3 is 0 Å². The molecule has 114 valence electrons. The summed E-state index contributed by atoms with van der Waals surface area (Å²) >= 11 is 7.41. The van der Waals surface area contributed by atoms with E-state index in [1.807, 2.05) is 12.1 Å². The smallest absolute Gasteiger partial charge is 0.161 e. The first-order chi connectivity index (χ1) is 9.63. The molecule has 1 unspecified atom stereocenters. The van der Waals surface area contributed by atoms with E-state index in [1.165, 1.54) is 37.7 Å². The van der Waals surface area contributed by atoms with E-state index in [0.717, 1.165) is 22.4 Å². The number of hydrogen-bond acceptors (Lipinski definition) is 2. The van der Waals surface area contributed by atoms with Crippen LogP contribution in [-0.4, -0.2) is 14.2 Å². The Kier molecular flexibility index (Phi) is 8.62. The van der Waals surface area contributed by atoms with Gasteiger partial charge in [0.25, 0.3) is 0 Å². The van der Waals surface area contributed by atoms with Crippen LogP contribution in [0.2, 0.25) is 0 Å². The summed E-state index contributed by atoms with van der Waals surface area (Å²) in [6.07, 6.45) is 7.66. The molecule has 1 atom stereocenters. The van der Waals surface area contributed by atoms with E-state index < -0.39 is 0 Å². The summed E-state index contributed by atoms with van der Waals surface area (Å²) < 4.78 is 11.7. The van der Waals surface area contributed by atoms with Gasteiger partial charge in [-0.15, -0.1) is 0 Å². The molecule has 0 aliphatic rings. The van der Waals surface area contributed by atoms with Gasteiger partial charge in [-0.1, -0.05) is 70.9 Å². The normalized spacial score (nSPS) is 12.2. The molecule has 0 N–H and O–H groups in total. The maximum atomic E-state index is 5.37. The topological polar surface area (TPSA) is 18.5 Å². The van der Waals surface area contributed by atoms with Gasteiger partial charge in [0, 0.05) is 9.30 Å². The maximum absolute atomic E-state index is 5.37. The Morgan fingerprint density at radius 3 is 2.20 bits per heavy atom. The van der Waals surface area contributed by atoms with Crippen molar-refractivity contribution in [3.05, 3.63) is 22.2 Å². The predicted octanol–water partition coefficient (Wildman–Crippen LogP) is 6.26. The average molecular weight is 408 g/mol. The Morgan fingerprint density at radius 2 is 1.60 bits per heavy atom. The van der Waals surface area contributed by atoms with Crippen LogP contribution in [0.1, 0.15) is 55.8 Å². The van der Waals surface area contributed by atoms with Crippen LogP contribution < -0.4 is 9.47 Å². The number of hydrogen-bond donors (Lipinski definition) is 0. The van der Waals surface area contributed by atoms with E-state index in [2.05, 4.69) is 38.8 Å². The van der Waals surface area contributed by atoms with Crippen molar-refractivity contribution in [3.8, 4) is 11.5 Å². The second kappa shape index (κ2) is 9.67. The van der Waals surface area contributed by atoms with Crippen molar-refractivity contribution >= 4 is 31.9 Å². The van der Waals surface area contributed by atoms with Crippen molar-refractivity contribution in [2.24, 2.45) is 0 Å². The largest absolute Gasteiger partial charge is 0.493 e. The number of ether oxygens (including phenoxy) is 2. The van der Waals surface area contributed by atoms with E-state index >= 15 is 0 Å². The first-order valence-corrected chi connectivity index (χ1v) is 8.90. The molecule has 0 aliphatic carbocycles. The molecule has 0 radical (unpaired) electrons. The summed E-state index contributed by atoms with van der Waals surface area (Å²) in [6, 6.07) is 4.02. The Labute approximate surface area is 139 Å². The Hall–Kier alpha value is -0.220. The fraction of sp³-hybridized carbons (Fsp3) is 0.625. The van der Waals surface area contributed by atoms with Gasteiger partial charge < -0.3 is 9.47 Å². The van der Waals surface area contributed by atoms with Gasteiger partial charge in [0.05, 0.1) is 14.2 Å². The molecule has 0 fully saturated rings. The fourth-order valence-electron chi connectivity index (χ4n) is 2.19. The van der Waals surface area contributed by atoms with Crippen LogP contribution in [0.25, 0.3) is 0 Å². The minimum absolute atomic E-state index is 0.346. The summed E-state index contributed by atoms with van der Waals surface area (Å²) in [4.78, 5) is 0.346. The van der Waals surface area contributed by atoms with Crippen molar-refractivity contribution in [1.29, 1.82) is 0 Å². The lowest BCUT2D eigenvalue weighted by atomic mass is 10.0. The highest BCUT2D eigenvalue weighted by Crippen LogP contribution is 2.40. The lowest BCUT2D eigenvalue weighted by molar-refractivity contribution is 0.354. The van der Waals surface area contributed by atoms with Crippen LogP contribution in [0.15, 0.2) is 16.6 Å². The Bertz CT molecular complexity index is 408. The fourth-order valence-corrected chi connectivity index (χ4v) is 3.80. The third-order valence-corrected chi connectivity index (χ3v) is 5.04. The average Bonchev–Trinajstić information content (AvgIpc) is 2.46. The van der Waals surface area contributed by atoms with Gasteiger partial charge in [0.2, 0.25) is 0 Å². The standard InChI is InChI=1S/C16H24Br2O2/c1-4-5-6-7-8-9-13(17)12-10-15(19-2)16(20-3)11-14(12)18/h10-11,13H,4-9H2,1-3H3. The zero-order chi connectivity index (χ0) is 15.0. The Balaban J connectivity index is 2.65. The highest BCUT2D eigenvalue weighted by atomic mass is 79.9. The monoisotopic (exact) mass is 406 g/mol. The summed E-state index contributed by atoms with van der Waals surface area (Å²) in [5.41, 5.74) is 1.22. The number of unbranched alkanes of at least 4 members (excludes halogenated alkanes) is 4. The van der Waals surface area contributed by atoms with Crippen LogP contribution in [0.5, 0.6) is 11.5 Å². The first-order valence-electron chi connectivity index (χ1n) is 7.19. The molecule has 0 aliphatic heterocycles. The molecule has 20 heavy (non-hydrogen) atoms. The Morgan fingerprint density at radius 1 is 1.00 bits per heavy atom. The SMILES string of the molecule is CCCCCCCC(Br)c1cc(OC)c(OC)cc1Br. The van der Waals surface area contributed by atoms with E-state index in [-0.39, 0.29) is 0 Å². The van der Waals surface area contributed by atoms with Gasteiger partial charge in [-0.25, -0.2) is 0 Å². The molecule has 4 heteroatoms. The summed E-state index contributed by atoms with van der Waals surface area (Å²) in [5, 5.41) is 0. The minimum Gasteiger partial charge on any atom is -0.493 e. The summed E-state index contributed by atoms with van der Waals surface area (Å²) in [5.74, 6) is 1.53. The van der Waals surface area contributed by atoms with E-state index in [0.29, 0.717) is 4.83 Å². The van der Waals surface area contributed by atoms with Crippen molar-refractivity contribution < 1.29 is 9.47 Å². The predicted molar refractivity (Wildman–Crippen MR) is 92.3 cm³/mol. The molecule has 0 bridgehead atoms. The van der Waals surface area contributed by atoms with Crippen LogP contribution in [-0.2, 0) is 0 Å². The van der Waals surface area contributed by atoms with E-state index in [4.69, 9.17) is 9.47 Å². The molecular formula is C16H24Br2O2. The molecule has 1 aromatic rings.